The SMILES string of the molecule is CCNC1(C(N)=O)CCC(Sc2nnc(SC)s2)C1. The average Bonchev–Trinajstić information content (AvgIpc) is 2.98. The number of amides is 1. The van der Waals surface area contributed by atoms with E-state index in [2.05, 4.69) is 15.5 Å². The van der Waals surface area contributed by atoms with Crippen LogP contribution >= 0.6 is 34.9 Å². The lowest BCUT2D eigenvalue weighted by atomic mass is 9.97. The normalized spacial score (nSPS) is 26.7. The molecule has 1 fully saturated rings. The number of hydrogen-bond acceptors (Lipinski definition) is 7. The van der Waals surface area contributed by atoms with E-state index in [-0.39, 0.29) is 5.91 Å². The van der Waals surface area contributed by atoms with E-state index in [9.17, 15) is 4.79 Å². The Hall–Kier alpha value is -0.310. The molecule has 0 aromatic carbocycles. The molecule has 8 heteroatoms. The minimum absolute atomic E-state index is 0.237. The van der Waals surface area contributed by atoms with Crippen LogP contribution in [0.1, 0.15) is 26.2 Å². The molecule has 2 unspecified atom stereocenters. The van der Waals surface area contributed by atoms with Crippen LogP contribution in [-0.2, 0) is 4.79 Å². The lowest BCUT2D eigenvalue weighted by Crippen LogP contribution is -2.53. The topological polar surface area (TPSA) is 80.9 Å². The molecule has 0 spiro atoms. The number of likely N-dealkylation sites (N-methyl/N-ethyl adjacent to an activating group) is 1. The van der Waals surface area contributed by atoms with Gasteiger partial charge < -0.3 is 11.1 Å². The zero-order valence-electron chi connectivity index (χ0n) is 11.0. The first-order chi connectivity index (χ1) is 9.09. The Kier molecular flexibility index (Phi) is 5.10. The van der Waals surface area contributed by atoms with E-state index < -0.39 is 5.54 Å². The third-order valence-electron chi connectivity index (χ3n) is 3.29. The summed E-state index contributed by atoms with van der Waals surface area (Å²) in [5.74, 6) is -0.237. The molecular weight excluding hydrogens is 300 g/mol. The van der Waals surface area contributed by atoms with E-state index in [1.54, 1.807) is 34.9 Å². The van der Waals surface area contributed by atoms with E-state index in [0.29, 0.717) is 5.25 Å². The van der Waals surface area contributed by atoms with Crippen LogP contribution in [0.15, 0.2) is 8.68 Å². The molecule has 1 aliphatic carbocycles. The molecule has 1 aromatic rings. The van der Waals surface area contributed by atoms with Crippen molar-refractivity contribution < 1.29 is 4.79 Å². The lowest BCUT2D eigenvalue weighted by Gasteiger charge is -2.26. The van der Waals surface area contributed by atoms with Gasteiger partial charge in [-0.2, -0.15) is 0 Å². The Morgan fingerprint density at radius 3 is 2.89 bits per heavy atom. The van der Waals surface area contributed by atoms with Gasteiger partial charge in [0.15, 0.2) is 8.68 Å². The van der Waals surface area contributed by atoms with Crippen molar-refractivity contribution in [2.45, 2.75) is 45.7 Å². The fraction of sp³-hybridized carbons (Fsp3) is 0.727. The Balaban J connectivity index is 1.99. The van der Waals surface area contributed by atoms with E-state index in [1.807, 2.05) is 13.2 Å². The van der Waals surface area contributed by atoms with Gasteiger partial charge in [-0.1, -0.05) is 41.8 Å². The van der Waals surface area contributed by atoms with Gasteiger partial charge in [0.05, 0.1) is 5.54 Å². The van der Waals surface area contributed by atoms with E-state index >= 15 is 0 Å². The van der Waals surface area contributed by atoms with Crippen LogP contribution in [0.5, 0.6) is 0 Å². The van der Waals surface area contributed by atoms with Crippen molar-refractivity contribution in [3.8, 4) is 0 Å². The van der Waals surface area contributed by atoms with Gasteiger partial charge in [0, 0.05) is 5.25 Å². The highest BCUT2D eigenvalue weighted by atomic mass is 32.2. The van der Waals surface area contributed by atoms with Crippen molar-refractivity contribution >= 4 is 40.8 Å². The second kappa shape index (κ2) is 6.43. The molecule has 0 saturated heterocycles. The molecule has 1 saturated carbocycles. The van der Waals surface area contributed by atoms with Crippen molar-refractivity contribution in [2.75, 3.05) is 12.8 Å². The Morgan fingerprint density at radius 1 is 1.58 bits per heavy atom. The first-order valence-electron chi connectivity index (χ1n) is 6.18. The highest BCUT2D eigenvalue weighted by Crippen LogP contribution is 2.41. The summed E-state index contributed by atoms with van der Waals surface area (Å²) < 4.78 is 1.96. The van der Waals surface area contributed by atoms with Gasteiger partial charge in [0.2, 0.25) is 5.91 Å². The summed E-state index contributed by atoms with van der Waals surface area (Å²) in [7, 11) is 0. The molecule has 0 aliphatic heterocycles. The summed E-state index contributed by atoms with van der Waals surface area (Å²) in [5.41, 5.74) is 5.03. The van der Waals surface area contributed by atoms with E-state index in [0.717, 1.165) is 34.5 Å². The van der Waals surface area contributed by atoms with Gasteiger partial charge in [-0.15, -0.1) is 10.2 Å². The maximum atomic E-state index is 11.7. The molecule has 2 rings (SSSR count). The number of nitrogens with one attached hydrogen (secondary N) is 1. The van der Waals surface area contributed by atoms with Crippen molar-refractivity contribution in [1.82, 2.24) is 15.5 Å². The summed E-state index contributed by atoms with van der Waals surface area (Å²) in [6.07, 6.45) is 4.56. The number of aromatic nitrogens is 2. The second-order valence-electron chi connectivity index (χ2n) is 4.50. The maximum absolute atomic E-state index is 11.7. The number of hydrogen-bond donors (Lipinski definition) is 2. The quantitative estimate of drug-likeness (QED) is 0.778. The molecule has 1 aromatic heterocycles. The summed E-state index contributed by atoms with van der Waals surface area (Å²) in [5, 5.41) is 11.9. The first kappa shape index (κ1) is 15.1. The maximum Gasteiger partial charge on any atom is 0.237 e. The predicted molar refractivity (Wildman–Crippen MR) is 80.8 cm³/mol. The van der Waals surface area contributed by atoms with Gasteiger partial charge in [-0.3, -0.25) is 4.79 Å². The smallest absolute Gasteiger partial charge is 0.237 e. The fourth-order valence-corrected chi connectivity index (χ4v) is 5.36. The highest BCUT2D eigenvalue weighted by molar-refractivity contribution is 8.03. The third-order valence-corrected chi connectivity index (χ3v) is 6.54. The van der Waals surface area contributed by atoms with Crippen LogP contribution in [-0.4, -0.2) is 39.7 Å². The molecule has 1 amide bonds. The Bertz CT molecular complexity index is 453. The molecule has 1 aliphatic rings. The minimum atomic E-state index is -0.528. The number of nitrogens with zero attached hydrogens (tertiary/aromatic N) is 2. The van der Waals surface area contributed by atoms with Gasteiger partial charge in [-0.05, 0) is 32.1 Å². The Labute approximate surface area is 125 Å². The Morgan fingerprint density at radius 2 is 2.32 bits per heavy atom. The standard InChI is InChI=1S/C11H18N4OS3/c1-3-13-11(8(12)16)5-4-7(6-11)18-10-15-14-9(17-2)19-10/h7,13H,3-6H2,1-2H3,(H2,12,16). The first-order valence-corrected chi connectivity index (χ1v) is 9.11. The number of thioether (sulfide) groups is 2. The molecule has 106 valence electrons. The van der Waals surface area contributed by atoms with Gasteiger partial charge in [-0.25, -0.2) is 0 Å². The van der Waals surface area contributed by atoms with Crippen LogP contribution in [0.3, 0.4) is 0 Å². The van der Waals surface area contributed by atoms with Gasteiger partial charge >= 0.3 is 0 Å². The number of carbonyl (C=O) groups excluding carboxylic acids is 1. The van der Waals surface area contributed by atoms with E-state index in [1.165, 1.54) is 0 Å². The van der Waals surface area contributed by atoms with Crippen LogP contribution in [0, 0.1) is 0 Å². The van der Waals surface area contributed by atoms with Crippen molar-refractivity contribution in [2.24, 2.45) is 5.73 Å². The summed E-state index contributed by atoms with van der Waals surface area (Å²) in [6.45, 7) is 2.76. The highest BCUT2D eigenvalue weighted by Gasteiger charge is 2.43. The fourth-order valence-electron chi connectivity index (χ4n) is 2.38. The number of rotatable bonds is 6. The van der Waals surface area contributed by atoms with Crippen LogP contribution in [0.4, 0.5) is 0 Å². The molecule has 0 bridgehead atoms. The summed E-state index contributed by atoms with van der Waals surface area (Å²) >= 11 is 4.93. The zero-order valence-corrected chi connectivity index (χ0v) is 13.5. The van der Waals surface area contributed by atoms with Crippen molar-refractivity contribution in [1.29, 1.82) is 0 Å². The number of primary amides is 1. The number of carbonyl (C=O) groups is 1. The lowest BCUT2D eigenvalue weighted by molar-refractivity contribution is -0.124. The minimum Gasteiger partial charge on any atom is -0.368 e. The van der Waals surface area contributed by atoms with Crippen LogP contribution in [0.2, 0.25) is 0 Å². The van der Waals surface area contributed by atoms with Gasteiger partial charge in [0.25, 0.3) is 0 Å². The molecule has 2 atom stereocenters. The van der Waals surface area contributed by atoms with E-state index in [4.69, 9.17) is 5.73 Å². The van der Waals surface area contributed by atoms with Crippen molar-refractivity contribution in [3.05, 3.63) is 0 Å². The van der Waals surface area contributed by atoms with Crippen LogP contribution in [0.25, 0.3) is 0 Å². The van der Waals surface area contributed by atoms with Crippen LogP contribution < -0.4 is 11.1 Å². The van der Waals surface area contributed by atoms with Gasteiger partial charge in [0.1, 0.15) is 0 Å². The zero-order chi connectivity index (χ0) is 13.9. The number of nitrogens with two attached hydrogens (primary N) is 1. The molecule has 3 N–H and O–H groups in total. The summed E-state index contributed by atoms with van der Waals surface area (Å²) in [4.78, 5) is 11.7. The molecule has 0 radical (unpaired) electrons. The third kappa shape index (κ3) is 3.42. The molecule has 1 heterocycles. The summed E-state index contributed by atoms with van der Waals surface area (Å²) in [6, 6.07) is 0. The second-order valence-corrected chi connectivity index (χ2v) is 8.08. The monoisotopic (exact) mass is 318 g/mol. The largest absolute Gasteiger partial charge is 0.368 e. The predicted octanol–water partition coefficient (Wildman–Crippen LogP) is 1.74. The molecule has 5 nitrogen and oxygen atoms in total. The molecule has 19 heavy (non-hydrogen) atoms. The average molecular weight is 318 g/mol. The molecular formula is C11H18N4OS3. The van der Waals surface area contributed by atoms with Crippen molar-refractivity contribution in [3.63, 3.8) is 0 Å².